The van der Waals surface area contributed by atoms with Crippen LogP contribution in [0.2, 0.25) is 0 Å². The monoisotopic (exact) mass is 298 g/mol. The van der Waals surface area contributed by atoms with Gasteiger partial charge in [0.2, 0.25) is 0 Å². The van der Waals surface area contributed by atoms with Gasteiger partial charge in [0, 0.05) is 6.54 Å². The number of ether oxygens (including phenoxy) is 1. The van der Waals surface area contributed by atoms with Crippen LogP contribution in [0.3, 0.4) is 0 Å². The first kappa shape index (κ1) is 17.2. The number of nitrogens with one attached hydrogen (secondary N) is 2. The zero-order valence-corrected chi connectivity index (χ0v) is 12.4. The molecule has 0 aromatic heterocycles. The smallest absolute Gasteiger partial charge is 0.315 e. The molecule has 0 saturated carbocycles. The number of aliphatic hydroxyl groups is 1. The molecule has 0 spiro atoms. The van der Waals surface area contributed by atoms with Crippen molar-refractivity contribution in [2.45, 2.75) is 38.8 Å². The summed E-state index contributed by atoms with van der Waals surface area (Å²) in [6.45, 7) is 4.41. The van der Waals surface area contributed by atoms with E-state index in [2.05, 4.69) is 10.6 Å². The molecule has 0 aliphatic heterocycles. The fraction of sp³-hybridized carbons (Fsp3) is 0.533. The number of urea groups is 1. The number of amides is 2. The summed E-state index contributed by atoms with van der Waals surface area (Å²) in [6.07, 6.45) is 0.819. The van der Waals surface area contributed by atoms with Gasteiger partial charge in [-0.3, -0.25) is 0 Å². The zero-order chi connectivity index (χ0) is 15.7. The lowest BCUT2D eigenvalue weighted by atomic mass is 10.2. The molecule has 0 fully saturated rings. The Morgan fingerprint density at radius 3 is 2.67 bits per heavy atom. The summed E-state index contributed by atoms with van der Waals surface area (Å²) in [7, 11) is 0. The van der Waals surface area contributed by atoms with E-state index >= 15 is 0 Å². The molecular formula is C15H23FN2O3. The van der Waals surface area contributed by atoms with Gasteiger partial charge in [-0.1, -0.05) is 6.92 Å². The predicted molar refractivity (Wildman–Crippen MR) is 78.8 cm³/mol. The highest BCUT2D eigenvalue weighted by Crippen LogP contribution is 2.11. The van der Waals surface area contributed by atoms with E-state index in [0.29, 0.717) is 25.1 Å². The molecule has 21 heavy (non-hydrogen) atoms. The molecule has 2 amide bonds. The summed E-state index contributed by atoms with van der Waals surface area (Å²) >= 11 is 0. The van der Waals surface area contributed by atoms with Gasteiger partial charge >= 0.3 is 6.03 Å². The molecule has 3 N–H and O–H groups in total. The van der Waals surface area contributed by atoms with Crippen molar-refractivity contribution in [3.05, 3.63) is 30.1 Å². The first-order valence-corrected chi connectivity index (χ1v) is 7.12. The maximum Gasteiger partial charge on any atom is 0.315 e. The van der Waals surface area contributed by atoms with Crippen molar-refractivity contribution in [3.8, 4) is 5.75 Å². The number of aliphatic hydroxyl groups excluding tert-OH is 1. The molecule has 0 radical (unpaired) electrons. The molecule has 0 aliphatic rings. The summed E-state index contributed by atoms with van der Waals surface area (Å²) < 4.78 is 18.2. The van der Waals surface area contributed by atoms with E-state index in [4.69, 9.17) is 4.74 Å². The largest absolute Gasteiger partial charge is 0.491 e. The summed E-state index contributed by atoms with van der Waals surface area (Å²) in [4.78, 5) is 11.6. The highest BCUT2D eigenvalue weighted by molar-refractivity contribution is 5.74. The second-order valence-corrected chi connectivity index (χ2v) is 4.92. The van der Waals surface area contributed by atoms with Crippen LogP contribution in [0.25, 0.3) is 0 Å². The number of hydrogen-bond acceptors (Lipinski definition) is 3. The van der Waals surface area contributed by atoms with Crippen LogP contribution in [-0.2, 0) is 0 Å². The number of carbonyl (C=O) groups is 1. The van der Waals surface area contributed by atoms with Gasteiger partial charge < -0.3 is 20.5 Å². The summed E-state index contributed by atoms with van der Waals surface area (Å²) in [5, 5.41) is 14.8. The molecule has 118 valence electrons. The lowest BCUT2D eigenvalue weighted by molar-refractivity contribution is 0.159. The van der Waals surface area contributed by atoms with Crippen molar-refractivity contribution < 1.29 is 19.0 Å². The van der Waals surface area contributed by atoms with Gasteiger partial charge in [0.1, 0.15) is 18.2 Å². The van der Waals surface area contributed by atoms with Crippen LogP contribution in [0.15, 0.2) is 24.3 Å². The third-order valence-electron chi connectivity index (χ3n) is 2.93. The van der Waals surface area contributed by atoms with Crippen molar-refractivity contribution in [1.82, 2.24) is 10.6 Å². The van der Waals surface area contributed by atoms with E-state index in [1.807, 2.05) is 13.8 Å². The third kappa shape index (κ3) is 7.51. The van der Waals surface area contributed by atoms with Crippen LogP contribution >= 0.6 is 0 Å². The molecule has 2 atom stereocenters. The molecule has 2 unspecified atom stereocenters. The van der Waals surface area contributed by atoms with Gasteiger partial charge in [-0.2, -0.15) is 0 Å². The Kier molecular flexibility index (Phi) is 7.53. The Morgan fingerprint density at radius 1 is 1.38 bits per heavy atom. The number of carbonyl (C=O) groups excluding carboxylic acids is 1. The van der Waals surface area contributed by atoms with Crippen LogP contribution in [-0.4, -0.2) is 36.4 Å². The fourth-order valence-electron chi connectivity index (χ4n) is 1.62. The maximum absolute atomic E-state index is 12.7. The molecule has 1 rings (SSSR count). The molecule has 6 heteroatoms. The van der Waals surface area contributed by atoms with E-state index < -0.39 is 0 Å². The number of hydrogen-bond donors (Lipinski definition) is 3. The van der Waals surface area contributed by atoms with E-state index in [-0.39, 0.29) is 30.6 Å². The Balaban J connectivity index is 2.19. The number of halogens is 1. The lowest BCUT2D eigenvalue weighted by Gasteiger charge is -2.16. The Morgan fingerprint density at radius 2 is 2.05 bits per heavy atom. The van der Waals surface area contributed by atoms with Gasteiger partial charge in [0.05, 0.1) is 12.1 Å². The van der Waals surface area contributed by atoms with E-state index in [1.165, 1.54) is 24.3 Å². The van der Waals surface area contributed by atoms with Crippen LogP contribution in [0, 0.1) is 5.82 Å². The Labute approximate surface area is 124 Å². The second-order valence-electron chi connectivity index (χ2n) is 4.92. The molecule has 0 aliphatic carbocycles. The summed E-state index contributed by atoms with van der Waals surface area (Å²) in [5.41, 5.74) is 0. The van der Waals surface area contributed by atoms with Crippen molar-refractivity contribution >= 4 is 6.03 Å². The number of benzene rings is 1. The molecule has 1 aromatic carbocycles. The average molecular weight is 298 g/mol. The lowest BCUT2D eigenvalue weighted by Crippen LogP contribution is -2.43. The van der Waals surface area contributed by atoms with Gasteiger partial charge in [0.15, 0.2) is 0 Å². The van der Waals surface area contributed by atoms with Crippen molar-refractivity contribution in [1.29, 1.82) is 0 Å². The quantitative estimate of drug-likeness (QED) is 0.688. The molecule has 0 bridgehead atoms. The van der Waals surface area contributed by atoms with Crippen LogP contribution in [0.5, 0.6) is 5.75 Å². The van der Waals surface area contributed by atoms with Gasteiger partial charge in [0.25, 0.3) is 0 Å². The highest BCUT2D eigenvalue weighted by Gasteiger charge is 2.08. The first-order chi connectivity index (χ1) is 10.0. The SMILES string of the molecule is CCC(O)CCNC(=O)NC(C)COc1ccc(F)cc1. The van der Waals surface area contributed by atoms with Crippen molar-refractivity contribution in [2.75, 3.05) is 13.2 Å². The Hall–Kier alpha value is -1.82. The van der Waals surface area contributed by atoms with Crippen LogP contribution < -0.4 is 15.4 Å². The summed E-state index contributed by atoms with van der Waals surface area (Å²) in [6, 6.07) is 5.22. The Bertz CT molecular complexity index is 425. The van der Waals surface area contributed by atoms with Crippen molar-refractivity contribution in [2.24, 2.45) is 0 Å². The minimum Gasteiger partial charge on any atom is -0.491 e. The predicted octanol–water partition coefficient (Wildman–Crippen LogP) is 2.05. The first-order valence-electron chi connectivity index (χ1n) is 7.12. The highest BCUT2D eigenvalue weighted by atomic mass is 19.1. The van der Waals surface area contributed by atoms with Crippen molar-refractivity contribution in [3.63, 3.8) is 0 Å². The van der Waals surface area contributed by atoms with Gasteiger partial charge in [-0.05, 0) is 44.0 Å². The van der Waals surface area contributed by atoms with E-state index in [1.54, 1.807) is 0 Å². The van der Waals surface area contributed by atoms with Gasteiger partial charge in [-0.15, -0.1) is 0 Å². The molecule has 0 saturated heterocycles. The minimum atomic E-state index is -0.385. The van der Waals surface area contributed by atoms with E-state index in [0.717, 1.165) is 0 Å². The van der Waals surface area contributed by atoms with Gasteiger partial charge in [-0.25, -0.2) is 9.18 Å². The molecular weight excluding hydrogens is 275 g/mol. The zero-order valence-electron chi connectivity index (χ0n) is 12.4. The molecule has 1 aromatic rings. The number of rotatable bonds is 8. The second kappa shape index (κ2) is 9.18. The average Bonchev–Trinajstić information content (AvgIpc) is 2.46. The topological polar surface area (TPSA) is 70.6 Å². The maximum atomic E-state index is 12.7. The fourth-order valence-corrected chi connectivity index (χ4v) is 1.62. The molecule has 5 nitrogen and oxygen atoms in total. The van der Waals surface area contributed by atoms with Crippen LogP contribution in [0.1, 0.15) is 26.7 Å². The molecule has 0 heterocycles. The standard InChI is InChI=1S/C15H23FN2O3/c1-3-13(19)8-9-17-15(20)18-11(2)10-21-14-6-4-12(16)5-7-14/h4-7,11,13,19H,3,8-10H2,1-2H3,(H2,17,18,20). The normalized spacial score (nSPS) is 13.3. The summed E-state index contributed by atoms with van der Waals surface area (Å²) in [5.74, 6) is 0.235. The minimum absolute atomic E-state index is 0.189. The van der Waals surface area contributed by atoms with E-state index in [9.17, 15) is 14.3 Å². The third-order valence-corrected chi connectivity index (χ3v) is 2.93. The van der Waals surface area contributed by atoms with Crippen LogP contribution in [0.4, 0.5) is 9.18 Å².